The Kier molecular flexibility index (Phi) is 7.91. The van der Waals surface area contributed by atoms with E-state index in [1.165, 1.54) is 16.3 Å². The van der Waals surface area contributed by atoms with Gasteiger partial charge >= 0.3 is 0 Å². The maximum Gasteiger partial charge on any atom is 0.164 e. The molecule has 230 valence electrons. The molecule has 2 N–H and O–H groups in total. The first-order chi connectivity index (χ1) is 24.2. The van der Waals surface area contributed by atoms with E-state index in [9.17, 15) is 0 Å². The highest BCUT2D eigenvalue weighted by Gasteiger charge is 2.15. The average molecular weight is 627 g/mol. The van der Waals surface area contributed by atoms with E-state index in [1.54, 1.807) is 0 Å². The van der Waals surface area contributed by atoms with Gasteiger partial charge in [-0.15, -0.1) is 0 Å². The minimum Gasteiger partial charge on any atom is -0.359 e. The second-order valence-corrected chi connectivity index (χ2v) is 11.8. The predicted molar refractivity (Wildman–Crippen MR) is 201 cm³/mol. The monoisotopic (exact) mass is 626 g/mol. The Bertz CT molecular complexity index is 2430. The Labute approximate surface area is 285 Å². The summed E-state index contributed by atoms with van der Waals surface area (Å²) in [6.07, 6.45) is 0. The van der Waals surface area contributed by atoms with E-state index in [1.807, 2.05) is 72.8 Å². The van der Waals surface area contributed by atoms with Gasteiger partial charge in [0.05, 0.1) is 0 Å². The van der Waals surface area contributed by atoms with Crippen LogP contribution in [-0.2, 0) is 0 Å². The summed E-state index contributed by atoms with van der Waals surface area (Å²) in [7, 11) is 0. The zero-order valence-electron chi connectivity index (χ0n) is 26.6. The molecule has 0 fully saturated rings. The Morgan fingerprint density at radius 1 is 0.367 bits per heavy atom. The second kappa shape index (κ2) is 13.1. The molecule has 0 unspecified atom stereocenters. The molecule has 0 aliphatic carbocycles. The molecule has 4 nitrogen and oxygen atoms in total. The quantitative estimate of drug-likeness (QED) is 0.147. The molecule has 0 saturated heterocycles. The third-order valence-electron chi connectivity index (χ3n) is 8.64. The molecule has 0 atom stereocenters. The summed E-state index contributed by atoms with van der Waals surface area (Å²) in [4.78, 5) is 14.8. The molecule has 8 aromatic rings. The van der Waals surface area contributed by atoms with Crippen molar-refractivity contribution in [2.75, 3.05) is 0 Å². The molecule has 8 rings (SSSR count). The fourth-order valence-corrected chi connectivity index (χ4v) is 6.29. The van der Waals surface area contributed by atoms with E-state index in [4.69, 9.17) is 20.7 Å². The van der Waals surface area contributed by atoms with E-state index < -0.39 is 0 Å². The van der Waals surface area contributed by atoms with E-state index >= 15 is 0 Å². The number of benzene rings is 7. The van der Waals surface area contributed by atoms with Crippen LogP contribution in [0.25, 0.3) is 78.3 Å². The number of hydrogen-bond donors (Lipinski definition) is 1. The molecule has 0 aliphatic heterocycles. The van der Waals surface area contributed by atoms with Crippen molar-refractivity contribution in [3.05, 3.63) is 175 Å². The molecule has 1 heterocycles. The molecule has 0 spiro atoms. The van der Waals surface area contributed by atoms with Crippen LogP contribution in [0.3, 0.4) is 0 Å². The third kappa shape index (κ3) is 6.05. The molecular formula is C45H30N4. The van der Waals surface area contributed by atoms with Crippen LogP contribution in [0.5, 0.6) is 0 Å². The number of fused-ring (bicyclic) bond motifs is 1. The SMILES string of the molecule is NC#Cc1cccc(-c2ccc(-c3cccc4cccc(-c5cccc(-c6nc(-c7ccccc7)nc(-c7ccccc7)n6)c5)c34)cc2)c1. The second-order valence-electron chi connectivity index (χ2n) is 11.8. The van der Waals surface area contributed by atoms with Crippen molar-refractivity contribution in [3.63, 3.8) is 0 Å². The van der Waals surface area contributed by atoms with Crippen molar-refractivity contribution in [1.29, 1.82) is 0 Å². The molecule has 0 saturated carbocycles. The largest absolute Gasteiger partial charge is 0.359 e. The predicted octanol–water partition coefficient (Wildman–Crippen LogP) is 10.3. The molecule has 49 heavy (non-hydrogen) atoms. The van der Waals surface area contributed by atoms with E-state index in [0.29, 0.717) is 17.5 Å². The minimum atomic E-state index is 0.632. The van der Waals surface area contributed by atoms with Crippen LogP contribution in [0.4, 0.5) is 0 Å². The fraction of sp³-hybridized carbons (Fsp3) is 0. The van der Waals surface area contributed by atoms with Gasteiger partial charge < -0.3 is 5.73 Å². The van der Waals surface area contributed by atoms with Crippen molar-refractivity contribution < 1.29 is 0 Å². The summed E-state index contributed by atoms with van der Waals surface area (Å²) < 4.78 is 0. The summed E-state index contributed by atoms with van der Waals surface area (Å²) in [6, 6.07) is 61.0. The lowest BCUT2D eigenvalue weighted by molar-refractivity contribution is 1.07. The molecule has 0 amide bonds. The maximum atomic E-state index is 5.46. The fourth-order valence-electron chi connectivity index (χ4n) is 6.29. The van der Waals surface area contributed by atoms with Gasteiger partial charge in [-0.3, -0.25) is 0 Å². The lowest BCUT2D eigenvalue weighted by Crippen LogP contribution is -2.00. The normalized spacial score (nSPS) is 10.8. The van der Waals surface area contributed by atoms with Gasteiger partial charge in [0.1, 0.15) is 0 Å². The molecule has 1 aromatic heterocycles. The molecule has 7 aromatic carbocycles. The molecule has 0 aliphatic rings. The number of hydrogen-bond acceptors (Lipinski definition) is 4. The van der Waals surface area contributed by atoms with Gasteiger partial charge in [0.2, 0.25) is 0 Å². The first-order valence-electron chi connectivity index (χ1n) is 16.2. The Hall–Kier alpha value is -6.83. The van der Waals surface area contributed by atoms with Gasteiger partial charge in [-0.25, -0.2) is 15.0 Å². The van der Waals surface area contributed by atoms with Crippen LogP contribution in [0.2, 0.25) is 0 Å². The van der Waals surface area contributed by atoms with Crippen LogP contribution in [0, 0.1) is 12.0 Å². The topological polar surface area (TPSA) is 64.7 Å². The summed E-state index contributed by atoms with van der Waals surface area (Å²) in [5, 5.41) is 2.37. The van der Waals surface area contributed by atoms with Gasteiger partial charge in [0.25, 0.3) is 0 Å². The van der Waals surface area contributed by atoms with Crippen LogP contribution >= 0.6 is 0 Å². The van der Waals surface area contributed by atoms with Crippen molar-refractivity contribution in [1.82, 2.24) is 15.0 Å². The van der Waals surface area contributed by atoms with Crippen molar-refractivity contribution >= 4 is 10.8 Å². The first kappa shape index (κ1) is 29.6. The highest BCUT2D eigenvalue weighted by atomic mass is 15.0. The van der Waals surface area contributed by atoms with Gasteiger partial charge in [-0.2, -0.15) is 0 Å². The van der Waals surface area contributed by atoms with E-state index in [2.05, 4.69) is 109 Å². The average Bonchev–Trinajstić information content (AvgIpc) is 3.18. The Morgan fingerprint density at radius 3 is 1.49 bits per heavy atom. The van der Waals surface area contributed by atoms with Crippen LogP contribution in [0.1, 0.15) is 5.56 Å². The number of aromatic nitrogens is 3. The van der Waals surface area contributed by atoms with Crippen molar-refractivity contribution in [3.8, 4) is 79.5 Å². The third-order valence-corrected chi connectivity index (χ3v) is 8.64. The lowest BCUT2D eigenvalue weighted by atomic mass is 9.90. The van der Waals surface area contributed by atoms with Gasteiger partial charge in [-0.1, -0.05) is 152 Å². The van der Waals surface area contributed by atoms with Crippen LogP contribution in [-0.4, -0.2) is 15.0 Å². The van der Waals surface area contributed by atoms with E-state index in [-0.39, 0.29) is 0 Å². The van der Waals surface area contributed by atoms with Gasteiger partial charge in [0, 0.05) is 28.3 Å². The Balaban J connectivity index is 1.22. The van der Waals surface area contributed by atoms with Crippen LogP contribution in [0.15, 0.2) is 170 Å². The van der Waals surface area contributed by atoms with Gasteiger partial charge in [0.15, 0.2) is 17.5 Å². The molecule has 4 heteroatoms. The molecule has 0 radical (unpaired) electrons. The van der Waals surface area contributed by atoms with Gasteiger partial charge in [-0.05, 0) is 68.3 Å². The zero-order chi connectivity index (χ0) is 33.0. The summed E-state index contributed by atoms with van der Waals surface area (Å²) in [6.45, 7) is 0. The van der Waals surface area contributed by atoms with E-state index in [0.717, 1.165) is 50.1 Å². The smallest absolute Gasteiger partial charge is 0.164 e. The summed E-state index contributed by atoms with van der Waals surface area (Å²) in [5.41, 5.74) is 16.0. The number of rotatable bonds is 6. The highest BCUT2D eigenvalue weighted by Crippen LogP contribution is 2.38. The highest BCUT2D eigenvalue weighted by molar-refractivity contribution is 6.06. The number of nitrogens with zero attached hydrogens (tertiary/aromatic N) is 3. The standard InChI is InChI=1S/C45H30N4/c46-28-27-31-11-7-18-37(29-31)32-23-25-33(26-24-32)40-21-9-16-34-17-10-22-41(42(34)40)38-19-8-20-39(30-38)45-48-43(35-12-3-1-4-13-35)47-44(49-45)36-14-5-2-6-15-36/h1-26,29-30H,46H2. The maximum absolute atomic E-state index is 5.46. The summed E-state index contributed by atoms with van der Waals surface area (Å²) in [5.74, 6) is 4.87. The number of nitrogens with two attached hydrogens (primary N) is 1. The van der Waals surface area contributed by atoms with Crippen LogP contribution < -0.4 is 5.73 Å². The van der Waals surface area contributed by atoms with Crippen molar-refractivity contribution in [2.24, 2.45) is 5.73 Å². The first-order valence-corrected chi connectivity index (χ1v) is 16.2. The van der Waals surface area contributed by atoms with Crippen molar-refractivity contribution in [2.45, 2.75) is 0 Å². The lowest BCUT2D eigenvalue weighted by Gasteiger charge is -2.14. The molecular weight excluding hydrogens is 597 g/mol. The summed E-state index contributed by atoms with van der Waals surface area (Å²) >= 11 is 0. The minimum absolute atomic E-state index is 0.632. The molecule has 0 bridgehead atoms. The zero-order valence-corrected chi connectivity index (χ0v) is 26.6. The Morgan fingerprint density at radius 2 is 0.857 bits per heavy atom.